The molecule has 96 valence electrons. The summed E-state index contributed by atoms with van der Waals surface area (Å²) in [5.74, 6) is 0. The van der Waals surface area contributed by atoms with Crippen molar-refractivity contribution >= 4 is 0 Å². The van der Waals surface area contributed by atoms with E-state index in [1.165, 1.54) is 36.2 Å². The molecule has 1 aliphatic carbocycles. The zero-order valence-corrected chi connectivity index (χ0v) is 11.4. The van der Waals surface area contributed by atoms with Gasteiger partial charge in [0.15, 0.2) is 0 Å². The maximum absolute atomic E-state index is 2.58. The molecule has 0 spiro atoms. The summed E-state index contributed by atoms with van der Waals surface area (Å²) in [6, 6.07) is 16.4. The second-order valence-corrected chi connectivity index (χ2v) is 5.72. The van der Waals surface area contributed by atoms with Crippen LogP contribution < -0.4 is 0 Å². The minimum absolute atomic E-state index is 0.684. The van der Waals surface area contributed by atoms with Crippen LogP contribution in [0.3, 0.4) is 0 Å². The van der Waals surface area contributed by atoms with Crippen LogP contribution in [0.2, 0.25) is 0 Å². The lowest BCUT2D eigenvalue weighted by molar-refractivity contribution is 0.508. The van der Waals surface area contributed by atoms with Gasteiger partial charge in [-0.05, 0) is 47.2 Å². The molecule has 0 saturated carbocycles. The van der Waals surface area contributed by atoms with Crippen LogP contribution in [0, 0.1) is 0 Å². The van der Waals surface area contributed by atoms with Crippen LogP contribution >= 0.6 is 0 Å². The quantitative estimate of drug-likeness (QED) is 0.633. The molecule has 0 aromatic heterocycles. The second kappa shape index (κ2) is 4.21. The second-order valence-electron chi connectivity index (χ2n) is 5.72. The first-order valence-electron chi connectivity index (χ1n) is 7.32. The van der Waals surface area contributed by atoms with Gasteiger partial charge in [0.25, 0.3) is 0 Å². The van der Waals surface area contributed by atoms with E-state index < -0.39 is 0 Å². The van der Waals surface area contributed by atoms with Crippen molar-refractivity contribution in [1.82, 2.24) is 4.90 Å². The maximum atomic E-state index is 2.58. The molecule has 2 aromatic rings. The average molecular weight is 249 g/mol. The third-order valence-electron chi connectivity index (χ3n) is 4.47. The van der Waals surface area contributed by atoms with Crippen molar-refractivity contribution in [1.29, 1.82) is 0 Å². The molecule has 1 saturated heterocycles. The Morgan fingerprint density at radius 2 is 1.89 bits per heavy atom. The Morgan fingerprint density at radius 3 is 2.79 bits per heavy atom. The zero-order chi connectivity index (χ0) is 12.8. The Kier molecular flexibility index (Phi) is 2.49. The van der Waals surface area contributed by atoms with Crippen LogP contribution in [-0.4, -0.2) is 18.0 Å². The summed E-state index contributed by atoms with van der Waals surface area (Å²) in [7, 11) is 0. The summed E-state index contributed by atoms with van der Waals surface area (Å²) in [4.78, 5) is 2.58. The van der Waals surface area contributed by atoms with Gasteiger partial charge in [0, 0.05) is 12.6 Å². The van der Waals surface area contributed by atoms with Crippen LogP contribution in [-0.2, 0) is 6.42 Å². The Balaban J connectivity index is 1.74. The van der Waals surface area contributed by atoms with Gasteiger partial charge in [-0.25, -0.2) is 0 Å². The third-order valence-corrected chi connectivity index (χ3v) is 4.47. The predicted octanol–water partition coefficient (Wildman–Crippen LogP) is 4.02. The average Bonchev–Trinajstić information content (AvgIpc) is 3.09. The fraction of sp³-hybridized carbons (Fsp3) is 0.333. The van der Waals surface area contributed by atoms with Crippen molar-refractivity contribution in [2.45, 2.75) is 25.8 Å². The highest BCUT2D eigenvalue weighted by Gasteiger charge is 2.37. The summed E-state index contributed by atoms with van der Waals surface area (Å²) in [6.45, 7) is 4.75. The first-order valence-corrected chi connectivity index (χ1v) is 7.32. The van der Waals surface area contributed by atoms with Gasteiger partial charge in [0.05, 0.1) is 0 Å². The first-order chi connectivity index (χ1) is 9.38. The molecule has 4 rings (SSSR count). The molecular formula is C18H19N. The smallest absolute Gasteiger partial charge is 0.0479 e. The topological polar surface area (TPSA) is 3.01 Å². The Hall–Kier alpha value is -1.60. The molecule has 2 aromatic carbocycles. The molecule has 0 radical (unpaired) electrons. The summed E-state index contributed by atoms with van der Waals surface area (Å²) in [5, 5.41) is 0. The summed E-state index contributed by atoms with van der Waals surface area (Å²) in [5.41, 5.74) is 7.56. The fourth-order valence-electron chi connectivity index (χ4n) is 3.50. The van der Waals surface area contributed by atoms with E-state index in [0.717, 1.165) is 6.42 Å². The Bertz CT molecular complexity index is 629. The van der Waals surface area contributed by atoms with Gasteiger partial charge in [0.1, 0.15) is 0 Å². The van der Waals surface area contributed by atoms with E-state index in [9.17, 15) is 0 Å². The number of fused-ring (bicyclic) bond motifs is 3. The lowest BCUT2D eigenvalue weighted by Crippen LogP contribution is -2.00. The predicted molar refractivity (Wildman–Crippen MR) is 79.3 cm³/mol. The van der Waals surface area contributed by atoms with Gasteiger partial charge in [-0.15, -0.1) is 0 Å². The summed E-state index contributed by atoms with van der Waals surface area (Å²) >= 11 is 0. The van der Waals surface area contributed by atoms with Crippen molar-refractivity contribution in [3.05, 3.63) is 59.2 Å². The van der Waals surface area contributed by atoms with E-state index in [1.807, 2.05) is 0 Å². The largest absolute Gasteiger partial charge is 0.293 e. The SMILES string of the molecule is CCCN1CC1c1cccc2c1Cc1ccccc1-2. The van der Waals surface area contributed by atoms with Gasteiger partial charge in [-0.3, -0.25) is 4.90 Å². The molecule has 0 bridgehead atoms. The van der Waals surface area contributed by atoms with E-state index in [-0.39, 0.29) is 0 Å². The van der Waals surface area contributed by atoms with Gasteiger partial charge in [0.2, 0.25) is 0 Å². The van der Waals surface area contributed by atoms with Crippen LogP contribution in [0.1, 0.15) is 36.1 Å². The van der Waals surface area contributed by atoms with Crippen LogP contribution in [0.4, 0.5) is 0 Å². The Morgan fingerprint density at radius 1 is 1.05 bits per heavy atom. The minimum atomic E-state index is 0.684. The molecule has 1 heterocycles. The van der Waals surface area contributed by atoms with E-state index in [4.69, 9.17) is 0 Å². The normalized spacial score (nSPS) is 23.0. The van der Waals surface area contributed by atoms with Crippen molar-refractivity contribution in [2.75, 3.05) is 13.1 Å². The van der Waals surface area contributed by atoms with Gasteiger partial charge in [-0.1, -0.05) is 49.4 Å². The third kappa shape index (κ3) is 1.73. The molecule has 2 aliphatic rings. The van der Waals surface area contributed by atoms with Gasteiger partial charge in [-0.2, -0.15) is 0 Å². The highest BCUT2D eigenvalue weighted by molar-refractivity contribution is 5.78. The molecule has 2 atom stereocenters. The number of hydrogen-bond donors (Lipinski definition) is 0. The highest BCUT2D eigenvalue weighted by atomic mass is 15.3. The molecule has 0 amide bonds. The molecule has 2 unspecified atom stereocenters. The maximum Gasteiger partial charge on any atom is 0.0479 e. The highest BCUT2D eigenvalue weighted by Crippen LogP contribution is 2.44. The van der Waals surface area contributed by atoms with Crippen molar-refractivity contribution in [3.8, 4) is 11.1 Å². The first kappa shape index (κ1) is 11.2. The monoisotopic (exact) mass is 249 g/mol. The lowest BCUT2D eigenvalue weighted by atomic mass is 9.99. The van der Waals surface area contributed by atoms with Crippen LogP contribution in [0.25, 0.3) is 11.1 Å². The molecule has 0 N–H and O–H groups in total. The number of benzene rings is 2. The standard InChI is InChI=1S/C18H19N/c1-2-10-19-12-18(19)16-9-5-8-15-14-7-4-3-6-13(14)11-17(15)16/h3-9,18H,2,10-12H2,1H3. The minimum Gasteiger partial charge on any atom is -0.293 e. The molecule has 1 nitrogen and oxygen atoms in total. The molecule has 1 fully saturated rings. The lowest BCUT2D eigenvalue weighted by Gasteiger charge is -2.08. The van der Waals surface area contributed by atoms with Gasteiger partial charge >= 0.3 is 0 Å². The van der Waals surface area contributed by atoms with Crippen molar-refractivity contribution < 1.29 is 0 Å². The van der Waals surface area contributed by atoms with E-state index in [1.54, 1.807) is 11.1 Å². The number of nitrogens with zero attached hydrogens (tertiary/aromatic N) is 1. The molecule has 1 aliphatic heterocycles. The van der Waals surface area contributed by atoms with E-state index in [0.29, 0.717) is 6.04 Å². The zero-order valence-electron chi connectivity index (χ0n) is 11.4. The molecule has 19 heavy (non-hydrogen) atoms. The van der Waals surface area contributed by atoms with E-state index in [2.05, 4.69) is 54.3 Å². The summed E-state index contributed by atoms with van der Waals surface area (Å²) < 4.78 is 0. The van der Waals surface area contributed by atoms with Crippen LogP contribution in [0.5, 0.6) is 0 Å². The van der Waals surface area contributed by atoms with E-state index >= 15 is 0 Å². The fourth-order valence-corrected chi connectivity index (χ4v) is 3.50. The van der Waals surface area contributed by atoms with Crippen molar-refractivity contribution in [2.24, 2.45) is 0 Å². The summed E-state index contributed by atoms with van der Waals surface area (Å²) in [6.07, 6.45) is 2.38. The number of hydrogen-bond acceptors (Lipinski definition) is 1. The number of rotatable bonds is 3. The van der Waals surface area contributed by atoms with Crippen LogP contribution in [0.15, 0.2) is 42.5 Å². The van der Waals surface area contributed by atoms with Crippen molar-refractivity contribution in [3.63, 3.8) is 0 Å². The Labute approximate surface area is 114 Å². The molecular weight excluding hydrogens is 230 g/mol. The van der Waals surface area contributed by atoms with Gasteiger partial charge < -0.3 is 0 Å². The molecule has 1 heteroatoms.